The zero-order valence-corrected chi connectivity index (χ0v) is 17.6. The summed E-state index contributed by atoms with van der Waals surface area (Å²) in [7, 11) is -3.93. The molecule has 1 aliphatic heterocycles. The molecule has 0 aliphatic carbocycles. The van der Waals surface area contributed by atoms with Crippen LogP contribution in [0.4, 0.5) is 27.6 Å². The summed E-state index contributed by atoms with van der Waals surface area (Å²) in [6.45, 7) is 0.642. The summed E-state index contributed by atoms with van der Waals surface area (Å²) in [4.78, 5) is 11.7. The highest BCUT2D eigenvalue weighted by Gasteiger charge is 2.26. The molecule has 180 valence electrons. The Hall–Kier alpha value is -3.13. The molecule has 2 aromatic carbocycles. The van der Waals surface area contributed by atoms with Crippen LogP contribution in [0.25, 0.3) is 0 Å². The smallest absolute Gasteiger partial charge is 0.240 e. The van der Waals surface area contributed by atoms with Crippen molar-refractivity contribution in [2.75, 3.05) is 25.2 Å². The van der Waals surface area contributed by atoms with Gasteiger partial charge in [-0.25, -0.2) is 35.1 Å². The number of benzene rings is 2. The molecule has 1 aliphatic rings. The normalized spacial score (nSPS) is 13.4. The summed E-state index contributed by atoms with van der Waals surface area (Å²) >= 11 is 0. The molecule has 0 fully saturated rings. The number of rotatable bonds is 8. The highest BCUT2D eigenvalue weighted by atomic mass is 32.2. The average Bonchev–Trinajstić information content (AvgIpc) is 3.04. The Kier molecular flexibility index (Phi) is 7.58. The molecule has 2 aromatic rings. The molecular weight excluding hydrogens is 477 g/mol. The van der Waals surface area contributed by atoms with E-state index in [1.165, 1.54) is 18.2 Å². The van der Waals surface area contributed by atoms with Crippen molar-refractivity contribution >= 4 is 21.6 Å². The lowest BCUT2D eigenvalue weighted by Crippen LogP contribution is -2.32. The number of carbonyl (C=O) groups excluding carboxylic acids is 1. The minimum atomic E-state index is -3.93. The van der Waals surface area contributed by atoms with Crippen molar-refractivity contribution in [3.05, 3.63) is 47.3 Å². The fourth-order valence-electron chi connectivity index (χ4n) is 2.76. The minimum Gasteiger partial charge on any atom is -0.490 e. The number of amides is 1. The summed E-state index contributed by atoms with van der Waals surface area (Å²) in [6, 6.07) is 4.11. The zero-order chi connectivity index (χ0) is 24.2. The lowest BCUT2D eigenvalue weighted by atomic mass is 10.2. The Balaban J connectivity index is 1.50. The zero-order valence-electron chi connectivity index (χ0n) is 16.8. The Bertz CT molecular complexity index is 1130. The van der Waals surface area contributed by atoms with Gasteiger partial charge in [0.15, 0.2) is 34.8 Å². The third-order valence-electron chi connectivity index (χ3n) is 4.44. The predicted octanol–water partition coefficient (Wildman–Crippen LogP) is 2.75. The van der Waals surface area contributed by atoms with E-state index in [4.69, 9.17) is 9.47 Å². The Morgan fingerprint density at radius 2 is 1.52 bits per heavy atom. The molecule has 0 atom stereocenters. The number of anilines is 1. The minimum absolute atomic E-state index is 0.0333. The lowest BCUT2D eigenvalue weighted by molar-refractivity contribution is -0.120. The number of carbonyl (C=O) groups is 1. The molecule has 1 heterocycles. The first-order chi connectivity index (χ1) is 15.6. The fraction of sp³-hybridized carbons (Fsp3) is 0.316. The van der Waals surface area contributed by atoms with Gasteiger partial charge in [-0.15, -0.1) is 0 Å². The Morgan fingerprint density at radius 3 is 2.18 bits per heavy atom. The Morgan fingerprint density at radius 1 is 0.909 bits per heavy atom. The van der Waals surface area contributed by atoms with Crippen molar-refractivity contribution in [2.24, 2.45) is 0 Å². The number of hydrazine groups is 1. The Labute approximate surface area is 185 Å². The maximum Gasteiger partial charge on any atom is 0.240 e. The van der Waals surface area contributed by atoms with E-state index in [2.05, 4.69) is 4.72 Å². The summed E-state index contributed by atoms with van der Waals surface area (Å²) in [5.41, 5.74) is 2.02. The van der Waals surface area contributed by atoms with Crippen molar-refractivity contribution in [2.45, 2.75) is 24.2 Å². The van der Waals surface area contributed by atoms with E-state index in [-0.39, 0.29) is 30.0 Å². The van der Waals surface area contributed by atoms with Crippen LogP contribution in [0.2, 0.25) is 0 Å². The molecule has 0 unspecified atom stereocenters. The monoisotopic (exact) mass is 495 g/mol. The summed E-state index contributed by atoms with van der Waals surface area (Å²) in [6.07, 6.45) is 0.288. The van der Waals surface area contributed by atoms with Crippen LogP contribution >= 0.6 is 0 Å². The van der Waals surface area contributed by atoms with Gasteiger partial charge in [0.05, 0.1) is 18.1 Å². The maximum absolute atomic E-state index is 13.6. The van der Waals surface area contributed by atoms with Gasteiger partial charge in [-0.3, -0.25) is 15.6 Å². The van der Waals surface area contributed by atoms with E-state index in [1.54, 1.807) is 10.9 Å². The number of fused-ring (bicyclic) bond motifs is 1. The van der Waals surface area contributed by atoms with Crippen LogP contribution in [0.1, 0.15) is 19.3 Å². The highest BCUT2D eigenvalue weighted by Crippen LogP contribution is 2.32. The second kappa shape index (κ2) is 10.2. The number of hydrogen-bond donors (Lipinski definition) is 3. The standard InChI is InChI=1S/C19H18F5N3O5S/c20-14-15(21)17(23)19(18(24)16(14)22)27-26-13(28)3-1-6-25-33(29,30)10-4-5-11-12(9-10)32-8-2-7-31-11/h4-5,9,25,27H,1-3,6-8H2,(H,26,28). The van der Waals surface area contributed by atoms with Gasteiger partial charge < -0.3 is 9.47 Å². The van der Waals surface area contributed by atoms with E-state index < -0.39 is 50.7 Å². The molecule has 3 rings (SSSR count). The quantitative estimate of drug-likeness (QED) is 0.171. The van der Waals surface area contributed by atoms with Gasteiger partial charge >= 0.3 is 0 Å². The number of nitrogens with one attached hydrogen (secondary N) is 3. The van der Waals surface area contributed by atoms with Crippen LogP contribution in [0.15, 0.2) is 23.1 Å². The fourth-order valence-corrected chi connectivity index (χ4v) is 3.85. The molecule has 0 saturated heterocycles. The van der Waals surface area contributed by atoms with E-state index in [0.717, 1.165) is 0 Å². The SMILES string of the molecule is O=C(CCCNS(=O)(=O)c1ccc2c(c1)OCCCO2)NNc1c(F)c(F)c(F)c(F)c1F. The van der Waals surface area contributed by atoms with Gasteiger partial charge in [0.25, 0.3) is 0 Å². The van der Waals surface area contributed by atoms with E-state index in [9.17, 15) is 35.2 Å². The average molecular weight is 495 g/mol. The number of halogens is 5. The summed E-state index contributed by atoms with van der Waals surface area (Å²) in [5, 5.41) is 0. The number of sulfonamides is 1. The van der Waals surface area contributed by atoms with Crippen LogP contribution < -0.4 is 25.0 Å². The van der Waals surface area contributed by atoms with E-state index in [1.807, 2.05) is 0 Å². The molecule has 14 heteroatoms. The maximum atomic E-state index is 13.6. The molecular formula is C19H18F5N3O5S. The molecule has 0 saturated carbocycles. The van der Waals surface area contributed by atoms with Crippen molar-refractivity contribution in [1.82, 2.24) is 10.1 Å². The van der Waals surface area contributed by atoms with Crippen LogP contribution in [-0.2, 0) is 14.8 Å². The van der Waals surface area contributed by atoms with E-state index >= 15 is 0 Å². The molecule has 0 aromatic heterocycles. The van der Waals surface area contributed by atoms with Crippen LogP contribution in [-0.4, -0.2) is 34.1 Å². The van der Waals surface area contributed by atoms with Gasteiger partial charge in [0.1, 0.15) is 5.69 Å². The van der Waals surface area contributed by atoms with E-state index in [0.29, 0.717) is 25.4 Å². The van der Waals surface area contributed by atoms with Crippen LogP contribution in [0.3, 0.4) is 0 Å². The van der Waals surface area contributed by atoms with Crippen LogP contribution in [0.5, 0.6) is 11.5 Å². The predicted molar refractivity (Wildman–Crippen MR) is 104 cm³/mol. The first-order valence-corrected chi connectivity index (χ1v) is 11.1. The summed E-state index contributed by atoms with van der Waals surface area (Å²) in [5.74, 6) is -11.1. The van der Waals surface area contributed by atoms with Gasteiger partial charge in [0.2, 0.25) is 21.7 Å². The third-order valence-corrected chi connectivity index (χ3v) is 5.90. The van der Waals surface area contributed by atoms with Gasteiger partial charge in [0, 0.05) is 25.5 Å². The van der Waals surface area contributed by atoms with Crippen molar-refractivity contribution < 1.29 is 44.6 Å². The molecule has 0 spiro atoms. The van der Waals surface area contributed by atoms with Gasteiger partial charge in [-0.05, 0) is 18.6 Å². The summed E-state index contributed by atoms with van der Waals surface area (Å²) < 4.78 is 104. The second-order valence-electron chi connectivity index (χ2n) is 6.78. The molecule has 0 radical (unpaired) electrons. The van der Waals surface area contributed by atoms with Crippen LogP contribution in [0, 0.1) is 29.1 Å². The highest BCUT2D eigenvalue weighted by molar-refractivity contribution is 7.89. The second-order valence-corrected chi connectivity index (χ2v) is 8.55. The molecule has 33 heavy (non-hydrogen) atoms. The topological polar surface area (TPSA) is 106 Å². The molecule has 0 bridgehead atoms. The van der Waals surface area contributed by atoms with Gasteiger partial charge in [-0.2, -0.15) is 0 Å². The largest absolute Gasteiger partial charge is 0.490 e. The molecule has 3 N–H and O–H groups in total. The van der Waals surface area contributed by atoms with Crippen molar-refractivity contribution in [3.8, 4) is 11.5 Å². The number of hydrogen-bond acceptors (Lipinski definition) is 6. The number of ether oxygens (including phenoxy) is 2. The van der Waals surface area contributed by atoms with Crippen molar-refractivity contribution in [1.29, 1.82) is 0 Å². The first kappa shape index (κ1) is 24.5. The molecule has 1 amide bonds. The lowest BCUT2D eigenvalue weighted by Gasteiger charge is -2.12. The van der Waals surface area contributed by atoms with Gasteiger partial charge in [-0.1, -0.05) is 0 Å². The third kappa shape index (κ3) is 5.63. The molecule has 8 nitrogen and oxygen atoms in total. The van der Waals surface area contributed by atoms with Crippen molar-refractivity contribution in [3.63, 3.8) is 0 Å². The first-order valence-electron chi connectivity index (χ1n) is 9.57.